The minimum absolute atomic E-state index is 0.0291. The number of nitrogens with one attached hydrogen (secondary N) is 1. The number of aryl methyl sites for hydroxylation is 3. The van der Waals surface area contributed by atoms with Crippen LogP contribution in [0.3, 0.4) is 0 Å². The summed E-state index contributed by atoms with van der Waals surface area (Å²) in [6.45, 7) is 9.02. The van der Waals surface area contributed by atoms with Crippen molar-refractivity contribution in [2.45, 2.75) is 84.5 Å². The van der Waals surface area contributed by atoms with Crippen LogP contribution >= 0.6 is 0 Å². The average molecular weight is 738 g/mol. The first-order chi connectivity index (χ1) is 24.1. The quantitative estimate of drug-likeness (QED) is 0.175. The molecule has 2 heterocycles. The number of aliphatic carboxylic acids is 1. The van der Waals surface area contributed by atoms with Gasteiger partial charge in [0, 0.05) is 49.8 Å². The summed E-state index contributed by atoms with van der Waals surface area (Å²) in [4.78, 5) is 41.2. The smallest absolute Gasteiger partial charge is 0.416 e. The number of benzene rings is 2. The lowest BCUT2D eigenvalue weighted by molar-refractivity contribution is -0.139. The molecule has 7 nitrogen and oxygen atoms in total. The molecule has 0 bridgehead atoms. The number of likely N-dealkylation sites (tertiary alicyclic amines) is 1. The third-order valence-corrected chi connectivity index (χ3v) is 9.92. The zero-order valence-corrected chi connectivity index (χ0v) is 29.5. The van der Waals surface area contributed by atoms with Crippen LogP contribution in [-0.2, 0) is 22.2 Å². The molecule has 3 atom stereocenters. The number of carbonyl (C=O) groups is 2. The Kier molecular flexibility index (Phi) is 11.0. The van der Waals surface area contributed by atoms with Crippen molar-refractivity contribution < 1.29 is 45.4 Å². The third kappa shape index (κ3) is 8.70. The maximum atomic E-state index is 15.8. The summed E-state index contributed by atoms with van der Waals surface area (Å²) >= 11 is 0. The molecule has 2 N–H and O–H groups in total. The predicted molar refractivity (Wildman–Crippen MR) is 180 cm³/mol. The molecule has 52 heavy (non-hydrogen) atoms. The Morgan fingerprint density at radius 1 is 1.00 bits per heavy atom. The van der Waals surface area contributed by atoms with Crippen molar-refractivity contribution in [3.8, 4) is 11.1 Å². The molecular weight excluding hydrogens is 695 g/mol. The molecule has 2 fully saturated rings. The number of amides is 1. The van der Waals surface area contributed by atoms with E-state index in [2.05, 4.69) is 5.32 Å². The van der Waals surface area contributed by atoms with Gasteiger partial charge in [-0.15, -0.1) is 0 Å². The van der Waals surface area contributed by atoms with Gasteiger partial charge in [-0.2, -0.15) is 13.2 Å². The van der Waals surface area contributed by atoms with Gasteiger partial charge in [-0.3, -0.25) is 14.4 Å². The van der Waals surface area contributed by atoms with Crippen LogP contribution in [0.4, 0.5) is 30.7 Å². The lowest BCUT2D eigenvalue weighted by Gasteiger charge is -2.40. The second-order valence-corrected chi connectivity index (χ2v) is 14.8. The largest absolute Gasteiger partial charge is 0.481 e. The number of hydrogen-bond acceptors (Lipinski definition) is 4. The SMILES string of the molecule is Cc1cc(-c2c(C)cc(F)cc2C)cc([C@@H](CC(=O)O)NC(=O)[C@H](CC(C)C)n2cc(CC3CN(CC4CC4(F)F)C3)c(C(F)(F)F)cc2=O)c1F. The van der Waals surface area contributed by atoms with Crippen molar-refractivity contribution >= 4 is 11.9 Å². The zero-order valence-electron chi connectivity index (χ0n) is 29.5. The standard InChI is InChI=1S/C38H42F7N3O4/c1-19(2)6-31(48-17-25(29(12-32(48)49)38(43,44)45)10-23-15-47(16-23)18-26-14-37(26,41)42)36(52)46-30(13-33(50)51)28-11-24(7-22(5)35(28)40)34-20(3)8-27(39)9-21(34)4/h7-9,11-12,17,19,23,26,30-31H,6,10,13-16,18H2,1-5H3,(H,46,52)(H,50,51)/t26?,30-,31+/m1/s1. The van der Waals surface area contributed by atoms with E-state index in [-0.39, 0.29) is 54.3 Å². The lowest BCUT2D eigenvalue weighted by atomic mass is 9.90. The first kappa shape index (κ1) is 39.0. The summed E-state index contributed by atoms with van der Waals surface area (Å²) in [5.74, 6) is -7.59. The van der Waals surface area contributed by atoms with Crippen LogP contribution in [-0.4, -0.2) is 52.0 Å². The van der Waals surface area contributed by atoms with Gasteiger partial charge in [0.1, 0.15) is 17.7 Å². The first-order valence-corrected chi connectivity index (χ1v) is 17.2. The Morgan fingerprint density at radius 3 is 2.15 bits per heavy atom. The second-order valence-electron chi connectivity index (χ2n) is 14.8. The molecule has 1 saturated heterocycles. The summed E-state index contributed by atoms with van der Waals surface area (Å²) in [5, 5.41) is 12.4. The van der Waals surface area contributed by atoms with Gasteiger partial charge in [0.15, 0.2) is 0 Å². The molecule has 1 amide bonds. The van der Waals surface area contributed by atoms with E-state index in [4.69, 9.17) is 0 Å². The minimum Gasteiger partial charge on any atom is -0.481 e. The van der Waals surface area contributed by atoms with Gasteiger partial charge in [-0.1, -0.05) is 13.8 Å². The Morgan fingerprint density at radius 2 is 1.62 bits per heavy atom. The van der Waals surface area contributed by atoms with Crippen LogP contribution < -0.4 is 10.9 Å². The number of carboxylic acid groups (broad SMARTS) is 1. The maximum absolute atomic E-state index is 15.8. The Labute approximate surface area is 296 Å². The molecule has 1 aliphatic heterocycles. The molecule has 2 aliphatic rings. The molecule has 5 rings (SSSR count). The monoisotopic (exact) mass is 737 g/mol. The van der Waals surface area contributed by atoms with Crippen molar-refractivity contribution in [3.63, 3.8) is 0 Å². The van der Waals surface area contributed by atoms with Crippen molar-refractivity contribution in [1.29, 1.82) is 0 Å². The van der Waals surface area contributed by atoms with Gasteiger partial charge in [0.25, 0.3) is 11.5 Å². The molecule has 282 valence electrons. The van der Waals surface area contributed by atoms with Gasteiger partial charge in [0.05, 0.1) is 18.0 Å². The van der Waals surface area contributed by atoms with Crippen LogP contribution in [0.5, 0.6) is 0 Å². The van der Waals surface area contributed by atoms with Gasteiger partial charge < -0.3 is 19.9 Å². The van der Waals surface area contributed by atoms with Crippen LogP contribution in [0, 0.1) is 50.2 Å². The van der Waals surface area contributed by atoms with Crippen LogP contribution in [0.2, 0.25) is 0 Å². The number of nitrogens with zero attached hydrogens (tertiary/aromatic N) is 2. The normalized spacial score (nSPS) is 18.6. The highest BCUT2D eigenvalue weighted by molar-refractivity contribution is 5.82. The number of halogens is 7. The van der Waals surface area contributed by atoms with Crippen LogP contribution in [0.15, 0.2) is 41.3 Å². The molecule has 0 spiro atoms. The van der Waals surface area contributed by atoms with Crippen LogP contribution in [0.1, 0.15) is 78.6 Å². The van der Waals surface area contributed by atoms with E-state index in [0.29, 0.717) is 41.4 Å². The third-order valence-electron chi connectivity index (χ3n) is 9.92. The molecule has 14 heteroatoms. The Bertz CT molecular complexity index is 1890. The van der Waals surface area contributed by atoms with E-state index in [1.807, 2.05) is 0 Å². The fraction of sp³-hybridized carbons (Fsp3) is 0.500. The van der Waals surface area contributed by atoms with Crippen molar-refractivity contribution in [1.82, 2.24) is 14.8 Å². The number of rotatable bonds is 13. The number of alkyl halides is 5. The van der Waals surface area contributed by atoms with E-state index in [0.717, 1.165) is 10.8 Å². The predicted octanol–water partition coefficient (Wildman–Crippen LogP) is 7.79. The molecule has 1 aliphatic carbocycles. The van der Waals surface area contributed by atoms with E-state index in [1.165, 1.54) is 31.2 Å². The summed E-state index contributed by atoms with van der Waals surface area (Å²) in [7, 11) is 0. The number of aromatic nitrogens is 1. The van der Waals surface area contributed by atoms with Crippen LogP contribution in [0.25, 0.3) is 11.1 Å². The molecule has 3 aromatic rings. The summed E-state index contributed by atoms with van der Waals surface area (Å²) in [6, 6.07) is 3.11. The molecule has 1 aromatic heterocycles. The van der Waals surface area contributed by atoms with Crippen molar-refractivity contribution in [3.05, 3.63) is 91.9 Å². The van der Waals surface area contributed by atoms with Gasteiger partial charge in [-0.05, 0) is 103 Å². The number of hydrogen-bond donors (Lipinski definition) is 2. The fourth-order valence-electron chi connectivity index (χ4n) is 7.34. The Balaban J connectivity index is 1.48. The molecule has 1 unspecified atom stereocenters. The highest BCUT2D eigenvalue weighted by atomic mass is 19.4. The fourth-order valence-corrected chi connectivity index (χ4v) is 7.34. The highest BCUT2D eigenvalue weighted by Gasteiger charge is 2.57. The topological polar surface area (TPSA) is 91.6 Å². The van der Waals surface area contributed by atoms with Crippen molar-refractivity contribution in [2.24, 2.45) is 17.8 Å². The maximum Gasteiger partial charge on any atom is 0.416 e. The Hall–Kier alpha value is -4.20. The zero-order chi connectivity index (χ0) is 38.4. The number of carbonyl (C=O) groups excluding carboxylic acids is 1. The molecule has 1 saturated carbocycles. The summed E-state index contributed by atoms with van der Waals surface area (Å²) < 4.78 is 100. The molecule has 0 radical (unpaired) electrons. The van der Waals surface area contributed by atoms with Gasteiger partial charge in [0.2, 0.25) is 5.91 Å². The van der Waals surface area contributed by atoms with Gasteiger partial charge in [-0.25, -0.2) is 17.6 Å². The number of pyridine rings is 1. The van der Waals surface area contributed by atoms with E-state index < -0.39 is 71.2 Å². The first-order valence-electron chi connectivity index (χ1n) is 17.2. The lowest BCUT2D eigenvalue weighted by Crippen LogP contribution is -2.49. The summed E-state index contributed by atoms with van der Waals surface area (Å²) in [6.07, 6.45) is -5.01. The summed E-state index contributed by atoms with van der Waals surface area (Å²) in [5.41, 5.74) is -0.415. The van der Waals surface area contributed by atoms with E-state index >= 15 is 4.39 Å². The second kappa shape index (κ2) is 14.7. The average Bonchev–Trinajstić information content (AvgIpc) is 3.60. The minimum atomic E-state index is -4.89. The van der Waals surface area contributed by atoms with E-state index in [9.17, 15) is 45.8 Å². The number of carboxylic acids is 1. The van der Waals surface area contributed by atoms with Gasteiger partial charge >= 0.3 is 12.1 Å². The van der Waals surface area contributed by atoms with E-state index in [1.54, 1.807) is 32.6 Å². The molecular formula is C38H42F7N3O4. The highest BCUT2D eigenvalue weighted by Crippen LogP contribution is 2.49. The molecule has 2 aromatic carbocycles. The van der Waals surface area contributed by atoms with Crippen molar-refractivity contribution in [2.75, 3.05) is 19.6 Å².